The Kier molecular flexibility index (Phi) is 2.65. The average molecular weight is 175 g/mol. The fraction of sp³-hybridized carbons (Fsp3) is 0.500. The molecule has 70 valence electrons. The Bertz CT molecular complexity index is 251. The van der Waals surface area contributed by atoms with E-state index in [1.165, 1.54) is 24.8 Å². The summed E-state index contributed by atoms with van der Waals surface area (Å²) in [4.78, 5) is 0. The third-order valence-electron chi connectivity index (χ3n) is 3.09. The number of hydrogen-bond donors (Lipinski definition) is 1. The van der Waals surface area contributed by atoms with Gasteiger partial charge in [-0.15, -0.1) is 0 Å². The van der Waals surface area contributed by atoms with Gasteiger partial charge in [0.15, 0.2) is 0 Å². The summed E-state index contributed by atoms with van der Waals surface area (Å²) in [5, 5.41) is 3.42. The molecule has 1 aliphatic rings. The van der Waals surface area contributed by atoms with E-state index in [-0.39, 0.29) is 0 Å². The van der Waals surface area contributed by atoms with Crippen molar-refractivity contribution in [3.63, 3.8) is 0 Å². The van der Waals surface area contributed by atoms with Crippen molar-refractivity contribution in [2.45, 2.75) is 25.3 Å². The summed E-state index contributed by atoms with van der Waals surface area (Å²) in [5.41, 5.74) is 1.44. The monoisotopic (exact) mass is 175 g/mol. The molecule has 0 amide bonds. The molecule has 1 atom stereocenters. The standard InChI is InChI=1S/C12H17N/c1-13-12(11-8-5-9-11)10-6-3-2-4-7-10/h2-4,6-7,11-13H,5,8-9H2,1H3. The smallest absolute Gasteiger partial charge is 0.0346 e. The lowest BCUT2D eigenvalue weighted by Crippen LogP contribution is -2.29. The van der Waals surface area contributed by atoms with Crippen molar-refractivity contribution in [2.24, 2.45) is 5.92 Å². The quantitative estimate of drug-likeness (QED) is 0.745. The maximum atomic E-state index is 3.42. The Morgan fingerprint density at radius 3 is 2.38 bits per heavy atom. The predicted octanol–water partition coefficient (Wildman–Crippen LogP) is 2.75. The van der Waals surface area contributed by atoms with Gasteiger partial charge in [-0.2, -0.15) is 0 Å². The molecule has 1 aromatic carbocycles. The highest BCUT2D eigenvalue weighted by Crippen LogP contribution is 2.37. The molecule has 1 heteroatoms. The fourth-order valence-corrected chi connectivity index (χ4v) is 2.11. The molecule has 0 radical (unpaired) electrons. The van der Waals surface area contributed by atoms with Gasteiger partial charge in [0, 0.05) is 6.04 Å². The molecule has 13 heavy (non-hydrogen) atoms. The number of nitrogens with one attached hydrogen (secondary N) is 1. The zero-order valence-corrected chi connectivity index (χ0v) is 8.16. The normalized spacial score (nSPS) is 19.5. The van der Waals surface area contributed by atoms with E-state index in [4.69, 9.17) is 0 Å². The van der Waals surface area contributed by atoms with Gasteiger partial charge in [-0.1, -0.05) is 36.8 Å². The first-order chi connectivity index (χ1) is 6.42. The van der Waals surface area contributed by atoms with Crippen LogP contribution in [0, 0.1) is 5.92 Å². The molecular weight excluding hydrogens is 158 g/mol. The van der Waals surface area contributed by atoms with Crippen LogP contribution in [0.1, 0.15) is 30.9 Å². The van der Waals surface area contributed by atoms with Gasteiger partial charge in [-0.3, -0.25) is 0 Å². The summed E-state index contributed by atoms with van der Waals surface area (Å²) in [6, 6.07) is 11.3. The van der Waals surface area contributed by atoms with Crippen LogP contribution in [0.25, 0.3) is 0 Å². The van der Waals surface area contributed by atoms with E-state index in [1.807, 2.05) is 0 Å². The van der Waals surface area contributed by atoms with E-state index in [9.17, 15) is 0 Å². The lowest BCUT2D eigenvalue weighted by Gasteiger charge is -2.33. The zero-order valence-electron chi connectivity index (χ0n) is 8.16. The first kappa shape index (κ1) is 8.76. The number of hydrogen-bond acceptors (Lipinski definition) is 1. The van der Waals surface area contributed by atoms with Crippen molar-refractivity contribution in [1.82, 2.24) is 5.32 Å². The van der Waals surface area contributed by atoms with Crippen molar-refractivity contribution in [3.8, 4) is 0 Å². The molecule has 1 unspecified atom stereocenters. The van der Waals surface area contributed by atoms with Crippen LogP contribution in [0.3, 0.4) is 0 Å². The third-order valence-corrected chi connectivity index (χ3v) is 3.09. The Hall–Kier alpha value is -0.820. The van der Waals surface area contributed by atoms with E-state index < -0.39 is 0 Å². The van der Waals surface area contributed by atoms with Crippen LogP contribution < -0.4 is 5.32 Å². The Balaban J connectivity index is 2.12. The molecule has 1 nitrogen and oxygen atoms in total. The predicted molar refractivity (Wildman–Crippen MR) is 55.6 cm³/mol. The van der Waals surface area contributed by atoms with Crippen LogP contribution in [0.4, 0.5) is 0 Å². The van der Waals surface area contributed by atoms with Crippen LogP contribution >= 0.6 is 0 Å². The largest absolute Gasteiger partial charge is 0.313 e. The Morgan fingerprint density at radius 1 is 1.23 bits per heavy atom. The minimum absolute atomic E-state index is 0.579. The molecule has 1 aromatic rings. The molecule has 1 fully saturated rings. The molecular formula is C12H17N. The third kappa shape index (κ3) is 1.75. The molecule has 1 N–H and O–H groups in total. The summed E-state index contributed by atoms with van der Waals surface area (Å²) < 4.78 is 0. The van der Waals surface area contributed by atoms with Gasteiger partial charge in [0.25, 0.3) is 0 Å². The Morgan fingerprint density at radius 2 is 1.92 bits per heavy atom. The van der Waals surface area contributed by atoms with Gasteiger partial charge < -0.3 is 5.32 Å². The van der Waals surface area contributed by atoms with Gasteiger partial charge in [0.2, 0.25) is 0 Å². The lowest BCUT2D eigenvalue weighted by atomic mass is 9.77. The van der Waals surface area contributed by atoms with Crippen molar-refractivity contribution in [2.75, 3.05) is 7.05 Å². The first-order valence-electron chi connectivity index (χ1n) is 5.14. The minimum atomic E-state index is 0.579. The van der Waals surface area contributed by atoms with Gasteiger partial charge in [-0.05, 0) is 31.4 Å². The van der Waals surface area contributed by atoms with Crippen LogP contribution in [0.5, 0.6) is 0 Å². The Labute approximate surface area is 80.2 Å². The number of rotatable bonds is 3. The van der Waals surface area contributed by atoms with Gasteiger partial charge in [-0.25, -0.2) is 0 Å². The molecule has 0 heterocycles. The van der Waals surface area contributed by atoms with E-state index >= 15 is 0 Å². The van der Waals surface area contributed by atoms with Gasteiger partial charge in [0.1, 0.15) is 0 Å². The first-order valence-corrected chi connectivity index (χ1v) is 5.14. The average Bonchev–Trinajstić information content (AvgIpc) is 2.12. The fourth-order valence-electron chi connectivity index (χ4n) is 2.11. The molecule has 0 spiro atoms. The maximum Gasteiger partial charge on any atom is 0.0346 e. The van der Waals surface area contributed by atoms with Crippen molar-refractivity contribution in [3.05, 3.63) is 35.9 Å². The molecule has 2 rings (SSSR count). The number of benzene rings is 1. The van der Waals surface area contributed by atoms with E-state index in [0.29, 0.717) is 6.04 Å². The maximum absolute atomic E-state index is 3.42. The highest BCUT2D eigenvalue weighted by Gasteiger charge is 2.26. The van der Waals surface area contributed by atoms with Gasteiger partial charge in [0.05, 0.1) is 0 Å². The van der Waals surface area contributed by atoms with Crippen LogP contribution in [0.2, 0.25) is 0 Å². The highest BCUT2D eigenvalue weighted by molar-refractivity contribution is 5.20. The van der Waals surface area contributed by atoms with Gasteiger partial charge >= 0.3 is 0 Å². The lowest BCUT2D eigenvalue weighted by molar-refractivity contribution is 0.239. The zero-order chi connectivity index (χ0) is 9.10. The molecule has 0 aliphatic heterocycles. The molecule has 1 saturated carbocycles. The minimum Gasteiger partial charge on any atom is -0.313 e. The summed E-state index contributed by atoms with van der Waals surface area (Å²) >= 11 is 0. The highest BCUT2D eigenvalue weighted by atomic mass is 14.9. The van der Waals surface area contributed by atoms with Crippen molar-refractivity contribution in [1.29, 1.82) is 0 Å². The van der Waals surface area contributed by atoms with Crippen LogP contribution in [0.15, 0.2) is 30.3 Å². The topological polar surface area (TPSA) is 12.0 Å². The summed E-state index contributed by atoms with van der Waals surface area (Å²) in [6.07, 6.45) is 4.19. The summed E-state index contributed by atoms with van der Waals surface area (Å²) in [7, 11) is 2.07. The molecule has 1 aliphatic carbocycles. The molecule has 0 bridgehead atoms. The van der Waals surface area contributed by atoms with Crippen molar-refractivity contribution < 1.29 is 0 Å². The van der Waals surface area contributed by atoms with Crippen LogP contribution in [-0.4, -0.2) is 7.05 Å². The molecule has 0 saturated heterocycles. The summed E-state index contributed by atoms with van der Waals surface area (Å²) in [6.45, 7) is 0. The second-order valence-electron chi connectivity index (χ2n) is 3.87. The SMILES string of the molecule is CNC(c1ccccc1)C1CCC1. The van der Waals surface area contributed by atoms with Crippen LogP contribution in [-0.2, 0) is 0 Å². The van der Waals surface area contributed by atoms with E-state index in [0.717, 1.165) is 5.92 Å². The van der Waals surface area contributed by atoms with Crippen molar-refractivity contribution >= 4 is 0 Å². The van der Waals surface area contributed by atoms with E-state index in [2.05, 4.69) is 42.7 Å². The summed E-state index contributed by atoms with van der Waals surface area (Å²) in [5.74, 6) is 0.868. The van der Waals surface area contributed by atoms with E-state index in [1.54, 1.807) is 0 Å². The molecule has 0 aromatic heterocycles. The second kappa shape index (κ2) is 3.93. The second-order valence-corrected chi connectivity index (χ2v) is 3.87.